The molecule has 1 aliphatic rings. The molecule has 1 N–H and O–H groups in total. The van der Waals surface area contributed by atoms with Crippen molar-refractivity contribution in [1.29, 1.82) is 0 Å². The second-order valence-electron chi connectivity index (χ2n) is 4.12. The van der Waals surface area contributed by atoms with Gasteiger partial charge in [0.25, 0.3) is 0 Å². The smallest absolute Gasteiger partial charge is 0.206 e. The van der Waals surface area contributed by atoms with Crippen molar-refractivity contribution in [3.63, 3.8) is 0 Å². The summed E-state index contributed by atoms with van der Waals surface area (Å²) in [5.74, 6) is 0.475. The largest absolute Gasteiger partial charge is 0.378 e. The van der Waals surface area contributed by atoms with E-state index in [0.717, 1.165) is 42.3 Å². The van der Waals surface area contributed by atoms with Crippen molar-refractivity contribution in [1.82, 2.24) is 15.1 Å². The first-order valence-corrected chi connectivity index (χ1v) is 8.31. The van der Waals surface area contributed by atoms with E-state index in [0.29, 0.717) is 5.75 Å². The number of carbonyl (C=O) groups excluding carboxylic acids is 1. The molecule has 1 fully saturated rings. The Balaban J connectivity index is 1.72. The van der Waals surface area contributed by atoms with Crippen molar-refractivity contribution in [3.8, 4) is 0 Å². The minimum atomic E-state index is 0.0849. The summed E-state index contributed by atoms with van der Waals surface area (Å²) in [6.45, 7) is 5.98. The summed E-state index contributed by atoms with van der Waals surface area (Å²) >= 11 is 2.89. The molecule has 2 rings (SSSR count). The molecule has 0 unspecified atom stereocenters. The molecule has 1 aliphatic heterocycles. The lowest BCUT2D eigenvalue weighted by atomic mass is 10.4. The summed E-state index contributed by atoms with van der Waals surface area (Å²) in [4.78, 5) is 13.9. The summed E-state index contributed by atoms with van der Waals surface area (Å²) in [7, 11) is 0. The molecule has 0 amide bonds. The number of hydrogen-bond donors (Lipinski definition) is 1. The topological polar surface area (TPSA) is 67.4 Å². The average Bonchev–Trinajstić information content (AvgIpc) is 2.92. The molecular formula is C12H18N4O2S2. The number of ether oxygens (including phenoxy) is 1. The second kappa shape index (κ2) is 8.23. The van der Waals surface area contributed by atoms with E-state index >= 15 is 0 Å². The van der Waals surface area contributed by atoms with E-state index in [4.69, 9.17) is 4.74 Å². The molecule has 6 nitrogen and oxygen atoms in total. The van der Waals surface area contributed by atoms with Crippen LogP contribution in [-0.4, -0.2) is 59.5 Å². The van der Waals surface area contributed by atoms with Gasteiger partial charge in [0.05, 0.1) is 19.0 Å². The Labute approximate surface area is 126 Å². The van der Waals surface area contributed by atoms with Crippen LogP contribution in [0.2, 0.25) is 0 Å². The number of thioether (sulfide) groups is 1. The maximum Gasteiger partial charge on any atom is 0.206 e. The zero-order chi connectivity index (χ0) is 14.2. The lowest BCUT2D eigenvalue weighted by Gasteiger charge is -2.24. The molecule has 0 aliphatic carbocycles. The molecule has 1 aromatic rings. The number of morpholine rings is 1. The third-order valence-corrected chi connectivity index (χ3v) is 4.63. The van der Waals surface area contributed by atoms with E-state index in [-0.39, 0.29) is 5.78 Å². The summed E-state index contributed by atoms with van der Waals surface area (Å²) in [6, 6.07) is 0. The molecule has 8 heteroatoms. The molecule has 2 heterocycles. The van der Waals surface area contributed by atoms with E-state index in [1.54, 1.807) is 6.08 Å². The van der Waals surface area contributed by atoms with E-state index in [2.05, 4.69) is 20.4 Å². The van der Waals surface area contributed by atoms with Gasteiger partial charge in [0, 0.05) is 25.8 Å². The number of carbonyl (C=O) groups is 1. The van der Waals surface area contributed by atoms with Crippen molar-refractivity contribution in [3.05, 3.63) is 12.3 Å². The molecule has 1 saturated heterocycles. The monoisotopic (exact) mass is 314 g/mol. The predicted molar refractivity (Wildman–Crippen MR) is 81.3 cm³/mol. The first-order chi connectivity index (χ1) is 9.78. The number of rotatable bonds is 7. The van der Waals surface area contributed by atoms with E-state index in [1.165, 1.54) is 23.1 Å². The average molecular weight is 314 g/mol. The van der Waals surface area contributed by atoms with Crippen LogP contribution >= 0.6 is 23.1 Å². The summed E-state index contributed by atoms with van der Waals surface area (Å²) < 4.78 is 6.06. The highest BCUT2D eigenvalue weighted by Gasteiger charge is 2.08. The van der Waals surface area contributed by atoms with Crippen molar-refractivity contribution in [2.45, 2.75) is 11.3 Å². The zero-order valence-corrected chi connectivity index (χ0v) is 13.0. The minimum Gasteiger partial charge on any atom is -0.378 e. The van der Waals surface area contributed by atoms with Gasteiger partial charge in [-0.2, -0.15) is 0 Å². The van der Waals surface area contributed by atoms with Gasteiger partial charge >= 0.3 is 0 Å². The van der Waals surface area contributed by atoms with Gasteiger partial charge < -0.3 is 15.0 Å². The van der Waals surface area contributed by atoms with Gasteiger partial charge in [0.1, 0.15) is 0 Å². The van der Waals surface area contributed by atoms with Crippen LogP contribution in [0.5, 0.6) is 0 Å². The molecular weight excluding hydrogens is 296 g/mol. The lowest BCUT2D eigenvalue weighted by molar-refractivity contribution is -0.112. The molecule has 0 atom stereocenters. The zero-order valence-electron chi connectivity index (χ0n) is 11.4. The highest BCUT2D eigenvalue weighted by atomic mass is 32.2. The van der Waals surface area contributed by atoms with E-state index in [9.17, 15) is 4.79 Å². The molecule has 20 heavy (non-hydrogen) atoms. The number of nitrogens with zero attached hydrogens (tertiary/aromatic N) is 3. The Morgan fingerprint density at radius 2 is 2.30 bits per heavy atom. The number of anilines is 1. The molecule has 110 valence electrons. The van der Waals surface area contributed by atoms with Crippen LogP contribution in [0.1, 0.15) is 6.92 Å². The Kier molecular flexibility index (Phi) is 6.28. The molecule has 0 spiro atoms. The Morgan fingerprint density at radius 3 is 3.05 bits per heavy atom. The second-order valence-corrected chi connectivity index (χ2v) is 6.32. The molecule has 0 radical (unpaired) electrons. The number of nitrogens with one attached hydrogen (secondary N) is 1. The van der Waals surface area contributed by atoms with Gasteiger partial charge in [-0.3, -0.25) is 4.79 Å². The number of hydrogen-bond acceptors (Lipinski definition) is 8. The standard InChI is InChI=1S/C12H18N4O2S2/c1-2-13-11-14-15-12(20-11)19-9-10(17)3-4-16-5-7-18-8-6-16/h3-4H,2,5-9H2,1H3,(H,13,14)/b4-3-. The fraction of sp³-hybridized carbons (Fsp3) is 0.583. The van der Waals surface area contributed by atoms with Crippen molar-refractivity contribution in [2.75, 3.05) is 43.9 Å². The van der Waals surface area contributed by atoms with Gasteiger partial charge in [0.2, 0.25) is 5.13 Å². The summed E-state index contributed by atoms with van der Waals surface area (Å²) in [5, 5.41) is 11.9. The lowest BCUT2D eigenvalue weighted by Crippen LogP contribution is -2.32. The Morgan fingerprint density at radius 1 is 1.50 bits per heavy atom. The van der Waals surface area contributed by atoms with Crippen LogP contribution in [0, 0.1) is 0 Å². The fourth-order valence-electron chi connectivity index (χ4n) is 1.59. The highest BCUT2D eigenvalue weighted by Crippen LogP contribution is 2.25. The van der Waals surface area contributed by atoms with Crippen molar-refractivity contribution < 1.29 is 9.53 Å². The van der Waals surface area contributed by atoms with Crippen molar-refractivity contribution >= 4 is 34.0 Å². The van der Waals surface area contributed by atoms with Gasteiger partial charge in [-0.25, -0.2) is 0 Å². The summed E-state index contributed by atoms with van der Waals surface area (Å²) in [6.07, 6.45) is 3.49. The number of aromatic nitrogens is 2. The maximum absolute atomic E-state index is 11.8. The Bertz CT molecular complexity index is 458. The fourth-order valence-corrected chi connectivity index (χ4v) is 3.24. The van der Waals surface area contributed by atoms with E-state index in [1.807, 2.05) is 13.1 Å². The van der Waals surface area contributed by atoms with Crippen LogP contribution in [0.15, 0.2) is 16.6 Å². The molecule has 0 bridgehead atoms. The molecule has 0 saturated carbocycles. The molecule has 1 aromatic heterocycles. The third-order valence-electron chi connectivity index (χ3n) is 2.59. The minimum absolute atomic E-state index is 0.0849. The van der Waals surface area contributed by atoms with Crippen molar-refractivity contribution in [2.24, 2.45) is 0 Å². The number of allylic oxidation sites excluding steroid dienone is 1. The normalized spacial score (nSPS) is 15.8. The van der Waals surface area contributed by atoms with Gasteiger partial charge in [-0.15, -0.1) is 10.2 Å². The highest BCUT2D eigenvalue weighted by molar-refractivity contribution is 8.01. The quantitative estimate of drug-likeness (QED) is 0.604. The maximum atomic E-state index is 11.8. The van der Waals surface area contributed by atoms with Crippen LogP contribution in [0.3, 0.4) is 0 Å². The van der Waals surface area contributed by atoms with Gasteiger partial charge in [-0.1, -0.05) is 23.1 Å². The van der Waals surface area contributed by atoms with Gasteiger partial charge in [-0.05, 0) is 13.0 Å². The van der Waals surface area contributed by atoms with Crippen LogP contribution in [0.25, 0.3) is 0 Å². The summed E-state index contributed by atoms with van der Waals surface area (Å²) in [5.41, 5.74) is 0. The van der Waals surface area contributed by atoms with E-state index < -0.39 is 0 Å². The SMILES string of the molecule is CCNc1nnc(SCC(=O)/C=C\N2CCOCC2)s1. The molecule has 0 aromatic carbocycles. The van der Waals surface area contributed by atoms with Crippen LogP contribution in [0.4, 0.5) is 5.13 Å². The first kappa shape index (κ1) is 15.3. The predicted octanol–water partition coefficient (Wildman–Crippen LogP) is 1.48. The first-order valence-electron chi connectivity index (χ1n) is 6.51. The van der Waals surface area contributed by atoms with Gasteiger partial charge in [0.15, 0.2) is 10.1 Å². The third kappa shape index (κ3) is 5.10. The van der Waals surface area contributed by atoms with Crippen LogP contribution < -0.4 is 5.32 Å². The van der Waals surface area contributed by atoms with Crippen LogP contribution in [-0.2, 0) is 9.53 Å². The Hall–Kier alpha value is -1.12. The number of ketones is 1.